The van der Waals surface area contributed by atoms with Gasteiger partial charge in [-0.15, -0.1) is 0 Å². The number of rotatable bonds is 6. The molecule has 1 aromatic carbocycles. The molecule has 3 aliphatic rings. The maximum atomic E-state index is 13.7. The first-order valence-corrected chi connectivity index (χ1v) is 14.5. The maximum absolute atomic E-state index is 13.7. The number of aliphatic hydroxyl groups excluding tert-OH is 1. The van der Waals surface area contributed by atoms with E-state index in [-0.39, 0.29) is 41.9 Å². The molecule has 1 aliphatic heterocycles. The first-order chi connectivity index (χ1) is 16.7. The number of ether oxygens (including phenoxy) is 1. The highest BCUT2D eigenvalue weighted by atomic mass is 32.2. The largest absolute Gasteiger partial charge is 0.487 e. The predicted octanol–water partition coefficient (Wildman–Crippen LogP) is 4.06. The fourth-order valence-electron chi connectivity index (χ4n) is 5.60. The van der Waals surface area contributed by atoms with Gasteiger partial charge in [0.1, 0.15) is 16.7 Å². The summed E-state index contributed by atoms with van der Waals surface area (Å²) in [6.07, 6.45) is 10.2. The first kappa shape index (κ1) is 26.2. The zero-order chi connectivity index (χ0) is 25.2. The molecule has 3 atom stereocenters. The lowest BCUT2D eigenvalue weighted by Crippen LogP contribution is -2.50. The van der Waals surface area contributed by atoms with Crippen molar-refractivity contribution in [2.75, 3.05) is 26.7 Å². The van der Waals surface area contributed by atoms with Gasteiger partial charge in [0.05, 0.1) is 13.2 Å². The normalized spacial score (nSPS) is 26.1. The summed E-state index contributed by atoms with van der Waals surface area (Å²) < 4.78 is 35.2. The number of nitrogens with zero attached hydrogens (tertiary/aromatic N) is 2. The Morgan fingerprint density at radius 1 is 1.23 bits per heavy atom. The predicted molar refractivity (Wildman–Crippen MR) is 137 cm³/mol. The molecule has 1 heterocycles. The molecule has 1 fully saturated rings. The SMILES string of the molecule is C[C@H](CO)N1C[C@H](C)[C@@H](CN(C)C(=O)C2CCCCC2)Oc2cc(C3=CCCC3)ccc2S1(=O)=O. The molecule has 0 aromatic heterocycles. The van der Waals surface area contributed by atoms with Crippen LogP contribution in [0.4, 0.5) is 0 Å². The van der Waals surface area contributed by atoms with Crippen LogP contribution < -0.4 is 4.74 Å². The number of carbonyl (C=O) groups is 1. The summed E-state index contributed by atoms with van der Waals surface area (Å²) in [7, 11) is -2.03. The van der Waals surface area contributed by atoms with Crippen LogP contribution in [0.2, 0.25) is 0 Å². The van der Waals surface area contributed by atoms with Gasteiger partial charge >= 0.3 is 0 Å². The lowest BCUT2D eigenvalue weighted by molar-refractivity contribution is -0.136. The number of benzene rings is 1. The van der Waals surface area contributed by atoms with E-state index >= 15 is 0 Å². The van der Waals surface area contributed by atoms with Crippen LogP contribution in [0.3, 0.4) is 0 Å². The van der Waals surface area contributed by atoms with Gasteiger partial charge in [0.25, 0.3) is 0 Å². The van der Waals surface area contributed by atoms with E-state index < -0.39 is 16.1 Å². The van der Waals surface area contributed by atoms with Crippen molar-refractivity contribution in [1.29, 1.82) is 0 Å². The number of amides is 1. The Morgan fingerprint density at radius 2 is 1.97 bits per heavy atom. The first-order valence-electron chi connectivity index (χ1n) is 13.1. The Kier molecular flexibility index (Phi) is 8.23. The van der Waals surface area contributed by atoms with Gasteiger partial charge in [-0.25, -0.2) is 8.42 Å². The summed E-state index contributed by atoms with van der Waals surface area (Å²) in [5, 5.41) is 9.83. The third-order valence-electron chi connectivity index (χ3n) is 7.86. The third-order valence-corrected chi connectivity index (χ3v) is 9.88. The highest BCUT2D eigenvalue weighted by Gasteiger charge is 2.39. The van der Waals surface area contributed by atoms with Crippen molar-refractivity contribution >= 4 is 21.5 Å². The van der Waals surface area contributed by atoms with E-state index in [4.69, 9.17) is 4.74 Å². The fourth-order valence-corrected chi connectivity index (χ4v) is 7.42. The summed E-state index contributed by atoms with van der Waals surface area (Å²) in [6.45, 7) is 4.02. The number of allylic oxidation sites excluding steroid dienone is 2. The van der Waals surface area contributed by atoms with Gasteiger partial charge in [-0.05, 0) is 62.3 Å². The molecule has 0 radical (unpaired) electrons. The minimum atomic E-state index is -3.86. The van der Waals surface area contributed by atoms with Crippen molar-refractivity contribution < 1.29 is 23.1 Å². The van der Waals surface area contributed by atoms with Crippen molar-refractivity contribution in [1.82, 2.24) is 9.21 Å². The second-order valence-electron chi connectivity index (χ2n) is 10.6. The van der Waals surface area contributed by atoms with Crippen LogP contribution in [-0.4, -0.2) is 67.5 Å². The molecule has 1 amide bonds. The van der Waals surface area contributed by atoms with E-state index in [1.807, 2.05) is 26.1 Å². The summed E-state index contributed by atoms with van der Waals surface area (Å²) in [4.78, 5) is 15.0. The molecule has 194 valence electrons. The number of carbonyl (C=O) groups excluding carboxylic acids is 1. The van der Waals surface area contributed by atoms with E-state index in [2.05, 4.69) is 6.08 Å². The van der Waals surface area contributed by atoms with E-state index in [0.717, 1.165) is 50.5 Å². The Balaban J connectivity index is 1.67. The van der Waals surface area contributed by atoms with Crippen LogP contribution in [0, 0.1) is 11.8 Å². The molecule has 1 saturated carbocycles. The smallest absolute Gasteiger partial charge is 0.247 e. The third kappa shape index (κ3) is 5.59. The second-order valence-corrected chi connectivity index (χ2v) is 12.4. The zero-order valence-corrected chi connectivity index (χ0v) is 22.1. The fraction of sp³-hybridized carbons (Fsp3) is 0.667. The topological polar surface area (TPSA) is 87.2 Å². The van der Waals surface area contributed by atoms with Crippen LogP contribution in [0.1, 0.15) is 70.8 Å². The molecule has 1 N–H and O–H groups in total. The van der Waals surface area contributed by atoms with Gasteiger partial charge in [-0.3, -0.25) is 4.79 Å². The monoisotopic (exact) mass is 504 g/mol. The van der Waals surface area contributed by atoms with Crippen LogP contribution in [0.5, 0.6) is 5.75 Å². The number of hydrogen-bond donors (Lipinski definition) is 1. The van der Waals surface area contributed by atoms with Gasteiger partial charge in [-0.2, -0.15) is 4.31 Å². The molecule has 1 aromatic rings. The Labute approximate surface area is 210 Å². The molecule has 35 heavy (non-hydrogen) atoms. The van der Waals surface area contributed by atoms with Gasteiger partial charge in [0.15, 0.2) is 0 Å². The molecule has 4 rings (SSSR count). The van der Waals surface area contributed by atoms with Gasteiger partial charge in [0.2, 0.25) is 15.9 Å². The summed E-state index contributed by atoms with van der Waals surface area (Å²) >= 11 is 0. The number of likely N-dealkylation sites (N-methyl/N-ethyl adjacent to an activating group) is 1. The Bertz CT molecular complexity index is 1050. The van der Waals surface area contributed by atoms with Crippen molar-refractivity contribution in [3.05, 3.63) is 29.8 Å². The van der Waals surface area contributed by atoms with Gasteiger partial charge in [0, 0.05) is 31.5 Å². The molecule has 2 aliphatic carbocycles. The minimum absolute atomic E-state index is 0.0668. The van der Waals surface area contributed by atoms with Crippen LogP contribution in [0.15, 0.2) is 29.2 Å². The lowest BCUT2D eigenvalue weighted by atomic mass is 9.88. The van der Waals surface area contributed by atoms with E-state index in [1.165, 1.54) is 16.3 Å². The quantitative estimate of drug-likeness (QED) is 0.631. The Morgan fingerprint density at radius 3 is 2.63 bits per heavy atom. The number of hydrogen-bond acceptors (Lipinski definition) is 5. The lowest BCUT2D eigenvalue weighted by Gasteiger charge is -2.38. The average molecular weight is 505 g/mol. The van der Waals surface area contributed by atoms with Crippen molar-refractivity contribution in [3.8, 4) is 5.75 Å². The number of sulfonamides is 1. The molecule has 0 saturated heterocycles. The highest BCUT2D eigenvalue weighted by molar-refractivity contribution is 7.89. The minimum Gasteiger partial charge on any atom is -0.487 e. The van der Waals surface area contributed by atoms with Crippen molar-refractivity contribution in [2.24, 2.45) is 11.8 Å². The van der Waals surface area contributed by atoms with Gasteiger partial charge < -0.3 is 14.7 Å². The molecule has 0 spiro atoms. The standard InChI is InChI=1S/C27H40N2O5S/c1-19-16-29(20(2)18-30)35(32,33)26-14-13-23(21-9-7-8-10-21)15-24(26)34-25(19)17-28(3)27(31)22-11-5-4-6-12-22/h9,13-15,19-20,22,25,30H,4-8,10-12,16-18H2,1-3H3/t19-,20+,25+/m0/s1. The van der Waals surface area contributed by atoms with Crippen LogP contribution >= 0.6 is 0 Å². The van der Waals surface area contributed by atoms with E-state index in [1.54, 1.807) is 17.9 Å². The molecular weight excluding hydrogens is 464 g/mol. The Hall–Kier alpha value is -1.90. The second kappa shape index (κ2) is 11.0. The highest BCUT2D eigenvalue weighted by Crippen LogP contribution is 2.37. The number of aliphatic hydroxyl groups is 1. The molecular formula is C27H40N2O5S. The molecule has 8 heteroatoms. The summed E-state index contributed by atoms with van der Waals surface area (Å²) in [5.41, 5.74) is 2.20. The van der Waals surface area contributed by atoms with Crippen LogP contribution in [0.25, 0.3) is 5.57 Å². The molecule has 0 bridgehead atoms. The summed E-state index contributed by atoms with van der Waals surface area (Å²) in [5.74, 6) is 0.376. The number of fused-ring (bicyclic) bond motifs is 1. The molecule has 0 unspecified atom stereocenters. The van der Waals surface area contributed by atoms with E-state index in [0.29, 0.717) is 12.3 Å². The zero-order valence-electron chi connectivity index (χ0n) is 21.3. The molecule has 7 nitrogen and oxygen atoms in total. The summed E-state index contributed by atoms with van der Waals surface area (Å²) in [6, 6.07) is 4.78. The van der Waals surface area contributed by atoms with E-state index in [9.17, 15) is 18.3 Å². The van der Waals surface area contributed by atoms with Crippen molar-refractivity contribution in [3.63, 3.8) is 0 Å². The average Bonchev–Trinajstić information content (AvgIpc) is 3.40. The maximum Gasteiger partial charge on any atom is 0.247 e. The van der Waals surface area contributed by atoms with Crippen molar-refractivity contribution in [2.45, 2.75) is 82.3 Å². The van der Waals surface area contributed by atoms with Gasteiger partial charge in [-0.1, -0.05) is 38.3 Å². The van der Waals surface area contributed by atoms with Crippen LogP contribution in [-0.2, 0) is 14.8 Å².